The molecule has 0 radical (unpaired) electrons. The molecule has 2 N–H and O–H groups in total. The van der Waals surface area contributed by atoms with Crippen molar-refractivity contribution in [1.82, 2.24) is 0 Å². The lowest BCUT2D eigenvalue weighted by Crippen LogP contribution is -2.19. The Bertz CT molecular complexity index is 496. The number of primary amides is 1. The van der Waals surface area contributed by atoms with E-state index in [4.69, 9.17) is 15.2 Å². The summed E-state index contributed by atoms with van der Waals surface area (Å²) in [5.74, 6) is -0.201. The molecular formula is C13H15NO5. The third kappa shape index (κ3) is 4.71. The molecule has 1 amide bonds. The van der Waals surface area contributed by atoms with Crippen LogP contribution in [0.5, 0.6) is 11.5 Å². The lowest BCUT2D eigenvalue weighted by molar-refractivity contribution is -0.142. The van der Waals surface area contributed by atoms with Crippen molar-refractivity contribution < 1.29 is 23.8 Å². The van der Waals surface area contributed by atoms with Gasteiger partial charge in [-0.2, -0.15) is 0 Å². The van der Waals surface area contributed by atoms with E-state index in [2.05, 4.69) is 4.74 Å². The van der Waals surface area contributed by atoms with E-state index in [-0.39, 0.29) is 0 Å². The molecule has 0 aliphatic carbocycles. The fourth-order valence-electron chi connectivity index (χ4n) is 1.31. The Morgan fingerprint density at radius 1 is 1.21 bits per heavy atom. The molecule has 0 atom stereocenters. The molecule has 102 valence electrons. The maximum atomic E-state index is 11.2. The molecule has 1 aromatic rings. The predicted molar refractivity (Wildman–Crippen MR) is 68.7 cm³/mol. The Balaban J connectivity index is 2.71. The molecule has 0 spiro atoms. The SMILES string of the molecule is COc1ccc(/C=C/C(=O)OCC(N)=O)cc1OC. The molecule has 1 rings (SSSR count). The smallest absolute Gasteiger partial charge is 0.331 e. The van der Waals surface area contributed by atoms with Gasteiger partial charge < -0.3 is 19.9 Å². The van der Waals surface area contributed by atoms with Crippen LogP contribution >= 0.6 is 0 Å². The number of amides is 1. The van der Waals surface area contributed by atoms with Crippen molar-refractivity contribution >= 4 is 18.0 Å². The summed E-state index contributed by atoms with van der Waals surface area (Å²) in [7, 11) is 3.06. The number of rotatable bonds is 6. The first-order valence-electron chi connectivity index (χ1n) is 5.42. The van der Waals surface area contributed by atoms with Crippen molar-refractivity contribution in [2.45, 2.75) is 0 Å². The summed E-state index contributed by atoms with van der Waals surface area (Å²) in [4.78, 5) is 21.6. The van der Waals surface area contributed by atoms with Crippen LogP contribution in [0.1, 0.15) is 5.56 Å². The van der Waals surface area contributed by atoms with Crippen molar-refractivity contribution in [2.75, 3.05) is 20.8 Å². The van der Waals surface area contributed by atoms with E-state index in [1.165, 1.54) is 26.4 Å². The molecule has 0 bridgehead atoms. The zero-order valence-corrected chi connectivity index (χ0v) is 10.7. The first kappa shape index (κ1) is 14.6. The minimum absolute atomic E-state index is 0.435. The molecule has 0 aliphatic heterocycles. The van der Waals surface area contributed by atoms with Gasteiger partial charge in [0.25, 0.3) is 5.91 Å². The van der Waals surface area contributed by atoms with Crippen LogP contribution in [-0.2, 0) is 14.3 Å². The van der Waals surface area contributed by atoms with Crippen molar-refractivity contribution in [3.05, 3.63) is 29.8 Å². The number of ether oxygens (including phenoxy) is 3. The summed E-state index contributed by atoms with van der Waals surface area (Å²) >= 11 is 0. The van der Waals surface area contributed by atoms with Crippen LogP contribution in [0.2, 0.25) is 0 Å². The molecule has 6 heteroatoms. The normalized spacial score (nSPS) is 10.2. The number of carbonyl (C=O) groups is 2. The van der Waals surface area contributed by atoms with E-state index in [0.717, 1.165) is 5.56 Å². The minimum Gasteiger partial charge on any atom is -0.493 e. The van der Waals surface area contributed by atoms with Gasteiger partial charge in [-0.3, -0.25) is 4.79 Å². The molecule has 0 saturated carbocycles. The van der Waals surface area contributed by atoms with Gasteiger partial charge in [-0.05, 0) is 23.8 Å². The third-order valence-corrected chi connectivity index (χ3v) is 2.18. The summed E-state index contributed by atoms with van der Waals surface area (Å²) < 4.78 is 14.8. The second-order valence-corrected chi connectivity index (χ2v) is 3.52. The van der Waals surface area contributed by atoms with Gasteiger partial charge in [0.05, 0.1) is 14.2 Å². The first-order valence-corrected chi connectivity index (χ1v) is 5.42. The van der Waals surface area contributed by atoms with Crippen molar-refractivity contribution in [3.8, 4) is 11.5 Å². The Morgan fingerprint density at radius 3 is 2.47 bits per heavy atom. The fraction of sp³-hybridized carbons (Fsp3) is 0.231. The summed E-state index contributed by atoms with van der Waals surface area (Å²) in [5, 5.41) is 0. The van der Waals surface area contributed by atoms with Crippen LogP contribution in [0.25, 0.3) is 6.08 Å². The van der Waals surface area contributed by atoms with Gasteiger partial charge >= 0.3 is 5.97 Å². The Morgan fingerprint density at radius 2 is 1.89 bits per heavy atom. The molecular weight excluding hydrogens is 250 g/mol. The summed E-state index contributed by atoms with van der Waals surface area (Å²) in [6, 6.07) is 5.17. The molecule has 1 aromatic carbocycles. The topological polar surface area (TPSA) is 87.9 Å². The number of benzene rings is 1. The number of carbonyl (C=O) groups excluding carboxylic acids is 2. The number of methoxy groups -OCH3 is 2. The summed E-state index contributed by atoms with van der Waals surface area (Å²) in [6.45, 7) is -0.435. The minimum atomic E-state index is -0.701. The Hall–Kier alpha value is -2.50. The van der Waals surface area contributed by atoms with Gasteiger partial charge in [-0.1, -0.05) is 6.07 Å². The quantitative estimate of drug-likeness (QED) is 0.605. The van der Waals surface area contributed by atoms with E-state index in [9.17, 15) is 9.59 Å². The highest BCUT2D eigenvalue weighted by molar-refractivity contribution is 5.89. The van der Waals surface area contributed by atoms with Gasteiger partial charge in [-0.15, -0.1) is 0 Å². The van der Waals surface area contributed by atoms with Gasteiger partial charge in [0.2, 0.25) is 0 Å². The lowest BCUT2D eigenvalue weighted by Gasteiger charge is -2.07. The van der Waals surface area contributed by atoms with Crippen LogP contribution in [0.3, 0.4) is 0 Å². The maximum Gasteiger partial charge on any atom is 0.331 e. The zero-order valence-electron chi connectivity index (χ0n) is 10.7. The monoisotopic (exact) mass is 265 g/mol. The van der Waals surface area contributed by atoms with Gasteiger partial charge in [0.1, 0.15) is 0 Å². The first-order chi connectivity index (χ1) is 9.06. The second kappa shape index (κ2) is 7.05. The van der Waals surface area contributed by atoms with E-state index in [1.807, 2.05) is 0 Å². The maximum absolute atomic E-state index is 11.2. The number of hydrogen-bond donors (Lipinski definition) is 1. The Kier molecular flexibility index (Phi) is 5.40. The van der Waals surface area contributed by atoms with Crippen LogP contribution < -0.4 is 15.2 Å². The lowest BCUT2D eigenvalue weighted by atomic mass is 10.2. The summed E-state index contributed by atoms with van der Waals surface area (Å²) in [6.07, 6.45) is 2.73. The molecule has 0 aliphatic rings. The molecule has 0 unspecified atom stereocenters. The highest BCUT2D eigenvalue weighted by atomic mass is 16.5. The van der Waals surface area contributed by atoms with E-state index >= 15 is 0 Å². The van der Waals surface area contributed by atoms with Gasteiger partial charge in [0, 0.05) is 6.08 Å². The Labute approximate surface area is 110 Å². The highest BCUT2D eigenvalue weighted by Gasteiger charge is 2.04. The molecule has 0 fully saturated rings. The van der Waals surface area contributed by atoms with E-state index < -0.39 is 18.5 Å². The van der Waals surface area contributed by atoms with Crippen LogP contribution in [0.15, 0.2) is 24.3 Å². The van der Waals surface area contributed by atoms with Crippen LogP contribution in [0.4, 0.5) is 0 Å². The van der Waals surface area contributed by atoms with Crippen molar-refractivity contribution in [2.24, 2.45) is 5.73 Å². The molecule has 0 heterocycles. The molecule has 19 heavy (non-hydrogen) atoms. The third-order valence-electron chi connectivity index (χ3n) is 2.18. The fourth-order valence-corrected chi connectivity index (χ4v) is 1.31. The number of nitrogens with two attached hydrogens (primary N) is 1. The average molecular weight is 265 g/mol. The van der Waals surface area contributed by atoms with Gasteiger partial charge in [0.15, 0.2) is 18.1 Å². The largest absolute Gasteiger partial charge is 0.493 e. The van der Waals surface area contributed by atoms with Crippen LogP contribution in [0, 0.1) is 0 Å². The molecule has 0 saturated heterocycles. The number of esters is 1. The summed E-state index contributed by atoms with van der Waals surface area (Å²) in [5.41, 5.74) is 5.58. The predicted octanol–water partition coefficient (Wildman–Crippen LogP) is 0.745. The van der Waals surface area contributed by atoms with Crippen LogP contribution in [-0.4, -0.2) is 32.7 Å². The van der Waals surface area contributed by atoms with Gasteiger partial charge in [-0.25, -0.2) is 4.79 Å². The van der Waals surface area contributed by atoms with Crippen molar-refractivity contribution in [3.63, 3.8) is 0 Å². The van der Waals surface area contributed by atoms with Crippen molar-refractivity contribution in [1.29, 1.82) is 0 Å². The standard InChI is InChI=1S/C13H15NO5/c1-17-10-5-3-9(7-11(10)18-2)4-6-13(16)19-8-12(14)15/h3-7H,8H2,1-2H3,(H2,14,15)/b6-4+. The molecule has 6 nitrogen and oxygen atoms in total. The van der Waals surface area contributed by atoms with E-state index in [0.29, 0.717) is 11.5 Å². The highest BCUT2D eigenvalue weighted by Crippen LogP contribution is 2.27. The van der Waals surface area contributed by atoms with E-state index in [1.54, 1.807) is 18.2 Å². The number of hydrogen-bond acceptors (Lipinski definition) is 5. The zero-order chi connectivity index (χ0) is 14.3. The molecule has 0 aromatic heterocycles. The average Bonchev–Trinajstić information content (AvgIpc) is 2.42. The second-order valence-electron chi connectivity index (χ2n) is 3.52.